The largest absolute Gasteiger partial charge is 0.318 e. The SMILES string of the molecule is CCCCc1ccc(NC(=O)C(=O)Nc2cc(Cl)ccc2C)cc1. The van der Waals surface area contributed by atoms with Gasteiger partial charge in [0.25, 0.3) is 0 Å². The standard InChI is InChI=1S/C19H21ClN2O2/c1-3-4-5-14-7-10-16(11-8-14)21-18(23)19(24)22-17-12-15(20)9-6-13(17)2/h6-12H,3-5H2,1-2H3,(H,21,23)(H,22,24). The molecule has 0 heterocycles. The van der Waals surface area contributed by atoms with E-state index in [0.717, 1.165) is 24.8 Å². The van der Waals surface area contributed by atoms with Crippen LogP contribution in [0.15, 0.2) is 42.5 Å². The Hall–Kier alpha value is -2.33. The molecular formula is C19H21ClN2O2. The molecule has 0 aliphatic heterocycles. The van der Waals surface area contributed by atoms with Crippen molar-refractivity contribution in [3.05, 3.63) is 58.6 Å². The molecule has 2 N–H and O–H groups in total. The highest BCUT2D eigenvalue weighted by atomic mass is 35.5. The van der Waals surface area contributed by atoms with Gasteiger partial charge in [-0.2, -0.15) is 0 Å². The fourth-order valence-corrected chi connectivity index (χ4v) is 2.40. The Morgan fingerprint density at radius 1 is 1.00 bits per heavy atom. The molecule has 4 nitrogen and oxygen atoms in total. The van der Waals surface area contributed by atoms with Crippen molar-refractivity contribution in [1.82, 2.24) is 0 Å². The fourth-order valence-electron chi connectivity index (χ4n) is 2.23. The van der Waals surface area contributed by atoms with Crippen LogP contribution < -0.4 is 10.6 Å². The summed E-state index contributed by atoms with van der Waals surface area (Å²) in [6.07, 6.45) is 3.29. The maximum Gasteiger partial charge on any atom is 0.314 e. The number of amides is 2. The maximum absolute atomic E-state index is 12.0. The average Bonchev–Trinajstić information content (AvgIpc) is 2.57. The zero-order chi connectivity index (χ0) is 17.5. The summed E-state index contributed by atoms with van der Waals surface area (Å²) in [5.74, 6) is -1.44. The van der Waals surface area contributed by atoms with Crippen molar-refractivity contribution in [2.45, 2.75) is 33.1 Å². The third kappa shape index (κ3) is 5.10. The number of unbranched alkanes of at least 4 members (excludes halogenated alkanes) is 1. The predicted octanol–water partition coefficient (Wildman–Crippen LogP) is 4.57. The second-order valence-corrected chi connectivity index (χ2v) is 6.10. The van der Waals surface area contributed by atoms with Crippen LogP contribution in [0, 0.1) is 6.92 Å². The van der Waals surface area contributed by atoms with Gasteiger partial charge < -0.3 is 10.6 Å². The van der Waals surface area contributed by atoms with Gasteiger partial charge in [-0.25, -0.2) is 0 Å². The predicted molar refractivity (Wildman–Crippen MR) is 98.5 cm³/mol. The Morgan fingerprint density at radius 2 is 1.67 bits per heavy atom. The summed E-state index contributed by atoms with van der Waals surface area (Å²) in [4.78, 5) is 24.0. The highest BCUT2D eigenvalue weighted by molar-refractivity contribution is 6.43. The minimum Gasteiger partial charge on any atom is -0.318 e. The summed E-state index contributed by atoms with van der Waals surface area (Å²) in [5, 5.41) is 5.67. The molecule has 0 aliphatic rings. The Labute approximate surface area is 147 Å². The third-order valence-corrected chi connectivity index (χ3v) is 3.92. The second kappa shape index (κ2) is 8.50. The summed E-state index contributed by atoms with van der Waals surface area (Å²) >= 11 is 5.91. The number of benzene rings is 2. The number of carbonyl (C=O) groups excluding carboxylic acids is 2. The highest BCUT2D eigenvalue weighted by Gasteiger charge is 2.15. The molecule has 0 saturated heterocycles. The van der Waals surface area contributed by atoms with Gasteiger partial charge in [-0.05, 0) is 55.2 Å². The molecule has 0 aliphatic carbocycles. The monoisotopic (exact) mass is 344 g/mol. The minimum absolute atomic E-state index is 0.499. The van der Waals surface area contributed by atoms with E-state index < -0.39 is 11.8 Å². The van der Waals surface area contributed by atoms with Crippen LogP contribution in [0.1, 0.15) is 30.9 Å². The lowest BCUT2D eigenvalue weighted by Gasteiger charge is -2.09. The van der Waals surface area contributed by atoms with E-state index in [1.165, 1.54) is 5.56 Å². The van der Waals surface area contributed by atoms with E-state index in [0.29, 0.717) is 16.4 Å². The van der Waals surface area contributed by atoms with Gasteiger partial charge in [0.2, 0.25) is 0 Å². The summed E-state index contributed by atoms with van der Waals surface area (Å²) in [6.45, 7) is 3.98. The third-order valence-electron chi connectivity index (χ3n) is 3.68. The molecule has 2 rings (SSSR count). The van der Waals surface area contributed by atoms with Crippen LogP contribution >= 0.6 is 11.6 Å². The zero-order valence-electron chi connectivity index (χ0n) is 13.9. The molecule has 2 amide bonds. The molecule has 0 unspecified atom stereocenters. The van der Waals surface area contributed by atoms with Crippen molar-refractivity contribution in [2.75, 3.05) is 10.6 Å². The Kier molecular flexibility index (Phi) is 6.38. The van der Waals surface area contributed by atoms with Gasteiger partial charge in [-0.3, -0.25) is 9.59 Å². The quantitative estimate of drug-likeness (QED) is 0.781. The average molecular weight is 345 g/mol. The molecule has 126 valence electrons. The van der Waals surface area contributed by atoms with Crippen molar-refractivity contribution in [1.29, 1.82) is 0 Å². The number of hydrogen-bond donors (Lipinski definition) is 2. The normalized spacial score (nSPS) is 10.3. The molecule has 2 aromatic carbocycles. The van der Waals surface area contributed by atoms with Crippen LogP contribution in [0.2, 0.25) is 5.02 Å². The number of hydrogen-bond acceptors (Lipinski definition) is 2. The van der Waals surface area contributed by atoms with Gasteiger partial charge in [0.15, 0.2) is 0 Å². The van der Waals surface area contributed by atoms with Gasteiger partial charge in [0.1, 0.15) is 0 Å². The van der Waals surface area contributed by atoms with Gasteiger partial charge in [-0.1, -0.05) is 43.1 Å². The van der Waals surface area contributed by atoms with Crippen LogP contribution in [0.4, 0.5) is 11.4 Å². The van der Waals surface area contributed by atoms with E-state index in [1.807, 2.05) is 19.1 Å². The van der Waals surface area contributed by atoms with Gasteiger partial charge in [0.05, 0.1) is 0 Å². The number of carbonyl (C=O) groups is 2. The molecule has 0 radical (unpaired) electrons. The van der Waals surface area contributed by atoms with Crippen LogP contribution in [-0.4, -0.2) is 11.8 Å². The van der Waals surface area contributed by atoms with Crippen molar-refractivity contribution in [3.8, 4) is 0 Å². The van der Waals surface area contributed by atoms with Crippen LogP contribution in [0.25, 0.3) is 0 Å². The Bertz CT molecular complexity index is 727. The first-order valence-electron chi connectivity index (χ1n) is 7.97. The van der Waals surface area contributed by atoms with Gasteiger partial charge in [0, 0.05) is 16.4 Å². The first-order valence-corrected chi connectivity index (χ1v) is 8.35. The second-order valence-electron chi connectivity index (χ2n) is 5.67. The molecule has 0 aromatic heterocycles. The number of halogens is 1. The lowest BCUT2D eigenvalue weighted by Crippen LogP contribution is -2.29. The van der Waals surface area contributed by atoms with Crippen molar-refractivity contribution >= 4 is 34.8 Å². The molecule has 0 fully saturated rings. The molecule has 2 aromatic rings. The van der Waals surface area contributed by atoms with E-state index >= 15 is 0 Å². The first kappa shape index (κ1) is 18.0. The molecule has 5 heteroatoms. The molecule has 0 spiro atoms. The molecule has 0 saturated carbocycles. The first-order chi connectivity index (χ1) is 11.5. The van der Waals surface area contributed by atoms with E-state index in [1.54, 1.807) is 30.3 Å². The van der Waals surface area contributed by atoms with E-state index in [9.17, 15) is 9.59 Å². The number of anilines is 2. The summed E-state index contributed by atoms with van der Waals surface area (Å²) in [7, 11) is 0. The smallest absolute Gasteiger partial charge is 0.314 e. The molecule has 24 heavy (non-hydrogen) atoms. The van der Waals surface area contributed by atoms with E-state index in [2.05, 4.69) is 17.6 Å². The number of nitrogens with one attached hydrogen (secondary N) is 2. The van der Waals surface area contributed by atoms with Gasteiger partial charge in [-0.15, -0.1) is 0 Å². The maximum atomic E-state index is 12.0. The molecule has 0 atom stereocenters. The highest BCUT2D eigenvalue weighted by Crippen LogP contribution is 2.20. The summed E-state index contributed by atoms with van der Waals surface area (Å²) in [6, 6.07) is 12.7. The topological polar surface area (TPSA) is 58.2 Å². The summed E-state index contributed by atoms with van der Waals surface area (Å²) in [5.41, 5.74) is 3.17. The van der Waals surface area contributed by atoms with E-state index in [4.69, 9.17) is 11.6 Å². The minimum atomic E-state index is -0.726. The van der Waals surface area contributed by atoms with Crippen LogP contribution in [0.3, 0.4) is 0 Å². The van der Waals surface area contributed by atoms with Crippen LogP contribution in [-0.2, 0) is 16.0 Å². The van der Waals surface area contributed by atoms with E-state index in [-0.39, 0.29) is 0 Å². The fraction of sp³-hybridized carbons (Fsp3) is 0.263. The lowest BCUT2D eigenvalue weighted by molar-refractivity contribution is -0.133. The molecule has 0 bridgehead atoms. The number of rotatable bonds is 5. The number of aryl methyl sites for hydroxylation is 2. The zero-order valence-corrected chi connectivity index (χ0v) is 14.6. The van der Waals surface area contributed by atoms with Crippen LogP contribution in [0.5, 0.6) is 0 Å². The van der Waals surface area contributed by atoms with Crippen molar-refractivity contribution in [2.24, 2.45) is 0 Å². The Balaban J connectivity index is 1.96. The van der Waals surface area contributed by atoms with Crippen molar-refractivity contribution in [3.63, 3.8) is 0 Å². The lowest BCUT2D eigenvalue weighted by atomic mass is 10.1. The van der Waals surface area contributed by atoms with Crippen molar-refractivity contribution < 1.29 is 9.59 Å². The molecular weight excluding hydrogens is 324 g/mol. The Morgan fingerprint density at radius 3 is 2.33 bits per heavy atom. The summed E-state index contributed by atoms with van der Waals surface area (Å²) < 4.78 is 0. The van der Waals surface area contributed by atoms with Gasteiger partial charge >= 0.3 is 11.8 Å².